The van der Waals surface area contributed by atoms with E-state index < -0.39 is 0 Å². The third kappa shape index (κ3) is 1.56. The fourth-order valence-electron chi connectivity index (χ4n) is 0.943. The van der Waals surface area contributed by atoms with Gasteiger partial charge in [-0.05, 0) is 12.1 Å². The monoisotopic (exact) mass is 163 g/mol. The number of nitrogens with one attached hydrogen (secondary N) is 2. The zero-order valence-corrected chi connectivity index (χ0v) is 7.39. The Balaban J connectivity index is 0.000000336. The Kier molecular flexibility index (Phi) is 2.69. The highest BCUT2D eigenvalue weighted by Crippen LogP contribution is 2.25. The summed E-state index contributed by atoms with van der Waals surface area (Å²) in [5.41, 5.74) is 0.993. The lowest BCUT2D eigenvalue weighted by atomic mass is 10.4. The highest BCUT2D eigenvalue weighted by Gasteiger charge is 2.10. The first kappa shape index (κ1) is 8.59. The van der Waals surface area contributed by atoms with E-state index in [0.29, 0.717) is 0 Å². The molecule has 3 nitrogen and oxygen atoms in total. The summed E-state index contributed by atoms with van der Waals surface area (Å²) >= 11 is 0. The van der Waals surface area contributed by atoms with Crippen molar-refractivity contribution in [2.75, 3.05) is 10.6 Å². The number of fused-ring (bicyclic) bond motifs is 1. The molecule has 0 saturated heterocycles. The minimum absolute atomic E-state index is 0.786. The molecule has 0 amide bonds. The van der Waals surface area contributed by atoms with Gasteiger partial charge in [-0.15, -0.1) is 0 Å². The van der Waals surface area contributed by atoms with Gasteiger partial charge < -0.3 is 10.6 Å². The second kappa shape index (κ2) is 3.76. The van der Waals surface area contributed by atoms with Crippen LogP contribution in [0.5, 0.6) is 0 Å². The summed E-state index contributed by atoms with van der Waals surface area (Å²) in [4.78, 5) is 4.08. The van der Waals surface area contributed by atoms with Crippen LogP contribution in [0.4, 0.5) is 11.5 Å². The van der Waals surface area contributed by atoms with E-state index in [-0.39, 0.29) is 0 Å². The Morgan fingerprint density at radius 3 is 2.75 bits per heavy atom. The predicted octanol–water partition coefficient (Wildman–Crippen LogP) is 2.42. The van der Waals surface area contributed by atoms with Crippen LogP contribution in [0.3, 0.4) is 0 Å². The van der Waals surface area contributed by atoms with Crippen molar-refractivity contribution in [3.05, 3.63) is 30.7 Å². The SMILES string of the molecule is C=C1Nc2cccnc2N1.CC. The molecule has 0 unspecified atom stereocenters. The highest BCUT2D eigenvalue weighted by atomic mass is 15.2. The molecule has 1 aromatic rings. The summed E-state index contributed by atoms with van der Waals surface area (Å²) in [5, 5.41) is 6.01. The standard InChI is InChI=1S/C7H7N3.C2H6/c1-5-9-6-3-2-4-8-7(6)10-5;1-2/h2-4,9H,1H2,(H,8,10);1-2H3. The van der Waals surface area contributed by atoms with Crippen LogP contribution >= 0.6 is 0 Å². The Morgan fingerprint density at radius 1 is 1.33 bits per heavy atom. The number of hydrogen-bond donors (Lipinski definition) is 2. The molecule has 64 valence electrons. The van der Waals surface area contributed by atoms with Gasteiger partial charge in [-0.1, -0.05) is 20.4 Å². The fraction of sp³-hybridized carbons (Fsp3) is 0.222. The average molecular weight is 163 g/mol. The zero-order valence-electron chi connectivity index (χ0n) is 7.39. The van der Waals surface area contributed by atoms with Crippen LogP contribution in [0.25, 0.3) is 0 Å². The molecular weight excluding hydrogens is 150 g/mol. The van der Waals surface area contributed by atoms with E-state index in [1.807, 2.05) is 26.0 Å². The number of pyridine rings is 1. The zero-order chi connectivity index (χ0) is 8.97. The van der Waals surface area contributed by atoms with Crippen molar-refractivity contribution in [2.24, 2.45) is 0 Å². The number of anilines is 2. The average Bonchev–Trinajstić information content (AvgIpc) is 2.48. The minimum atomic E-state index is 0.786. The quantitative estimate of drug-likeness (QED) is 0.616. The maximum Gasteiger partial charge on any atom is 0.155 e. The summed E-state index contributed by atoms with van der Waals surface area (Å²) < 4.78 is 0. The van der Waals surface area contributed by atoms with Gasteiger partial charge in [-0.25, -0.2) is 4.98 Å². The molecule has 0 aromatic carbocycles. The molecule has 1 aromatic heterocycles. The van der Waals surface area contributed by atoms with Gasteiger partial charge in [-0.2, -0.15) is 0 Å². The summed E-state index contributed by atoms with van der Waals surface area (Å²) in [6, 6.07) is 3.83. The van der Waals surface area contributed by atoms with E-state index in [9.17, 15) is 0 Å². The van der Waals surface area contributed by atoms with Crippen LogP contribution in [0.2, 0.25) is 0 Å². The normalized spacial score (nSPS) is 12.0. The molecule has 0 saturated carbocycles. The molecule has 2 heterocycles. The van der Waals surface area contributed by atoms with Crippen LogP contribution < -0.4 is 10.6 Å². The third-order valence-electron chi connectivity index (χ3n) is 1.36. The molecule has 3 heteroatoms. The van der Waals surface area contributed by atoms with E-state index in [4.69, 9.17) is 0 Å². The summed E-state index contributed by atoms with van der Waals surface area (Å²) in [7, 11) is 0. The van der Waals surface area contributed by atoms with E-state index in [1.165, 1.54) is 0 Å². The second-order valence-corrected chi connectivity index (χ2v) is 2.13. The van der Waals surface area contributed by atoms with Crippen LogP contribution in [0.15, 0.2) is 30.7 Å². The van der Waals surface area contributed by atoms with Crippen molar-refractivity contribution in [1.29, 1.82) is 0 Å². The smallest absolute Gasteiger partial charge is 0.155 e. The lowest BCUT2D eigenvalue weighted by molar-refractivity contribution is 1.34. The maximum absolute atomic E-state index is 4.08. The first-order valence-corrected chi connectivity index (χ1v) is 4.04. The van der Waals surface area contributed by atoms with Crippen LogP contribution in [-0.4, -0.2) is 4.98 Å². The van der Waals surface area contributed by atoms with Crippen molar-refractivity contribution in [3.8, 4) is 0 Å². The highest BCUT2D eigenvalue weighted by molar-refractivity contribution is 5.74. The number of nitrogens with zero attached hydrogens (tertiary/aromatic N) is 1. The maximum atomic E-state index is 4.08. The Labute approximate surface area is 72.5 Å². The Bertz CT molecular complexity index is 254. The van der Waals surface area contributed by atoms with Gasteiger partial charge in [0.2, 0.25) is 0 Å². The minimum Gasteiger partial charge on any atom is -0.339 e. The van der Waals surface area contributed by atoms with Crippen molar-refractivity contribution >= 4 is 11.5 Å². The van der Waals surface area contributed by atoms with Gasteiger partial charge >= 0.3 is 0 Å². The molecule has 2 rings (SSSR count). The fourth-order valence-corrected chi connectivity index (χ4v) is 0.943. The lowest BCUT2D eigenvalue weighted by Crippen LogP contribution is -1.95. The van der Waals surface area contributed by atoms with Crippen LogP contribution in [0.1, 0.15) is 13.8 Å². The van der Waals surface area contributed by atoms with Gasteiger partial charge in [0.1, 0.15) is 5.82 Å². The van der Waals surface area contributed by atoms with E-state index in [2.05, 4.69) is 22.2 Å². The molecule has 12 heavy (non-hydrogen) atoms. The first-order valence-electron chi connectivity index (χ1n) is 4.04. The molecule has 0 aliphatic carbocycles. The van der Waals surface area contributed by atoms with Crippen molar-refractivity contribution in [3.63, 3.8) is 0 Å². The van der Waals surface area contributed by atoms with Gasteiger partial charge in [0.05, 0.1) is 5.69 Å². The molecule has 0 bridgehead atoms. The summed E-state index contributed by atoms with van der Waals surface area (Å²) in [6.07, 6.45) is 1.74. The van der Waals surface area contributed by atoms with E-state index in [0.717, 1.165) is 17.3 Å². The topological polar surface area (TPSA) is 37.0 Å². The molecule has 0 fully saturated rings. The third-order valence-corrected chi connectivity index (χ3v) is 1.36. The molecule has 1 aliphatic heterocycles. The first-order chi connectivity index (χ1) is 5.86. The van der Waals surface area contributed by atoms with Crippen molar-refractivity contribution in [2.45, 2.75) is 13.8 Å². The number of rotatable bonds is 0. The van der Waals surface area contributed by atoms with E-state index in [1.54, 1.807) is 6.20 Å². The van der Waals surface area contributed by atoms with Crippen molar-refractivity contribution in [1.82, 2.24) is 4.98 Å². The predicted molar refractivity (Wildman–Crippen MR) is 52.0 cm³/mol. The summed E-state index contributed by atoms with van der Waals surface area (Å²) in [6.45, 7) is 7.71. The second-order valence-electron chi connectivity index (χ2n) is 2.13. The summed E-state index contributed by atoms with van der Waals surface area (Å²) in [5.74, 6) is 1.64. The van der Waals surface area contributed by atoms with Crippen LogP contribution in [0, 0.1) is 0 Å². The van der Waals surface area contributed by atoms with Gasteiger partial charge in [0, 0.05) is 6.20 Å². The Hall–Kier alpha value is -1.51. The molecule has 0 radical (unpaired) electrons. The molecule has 1 aliphatic rings. The van der Waals surface area contributed by atoms with Gasteiger partial charge in [-0.3, -0.25) is 0 Å². The number of aromatic nitrogens is 1. The molecular formula is C9H13N3. The van der Waals surface area contributed by atoms with Crippen LogP contribution in [-0.2, 0) is 0 Å². The van der Waals surface area contributed by atoms with Crippen molar-refractivity contribution < 1.29 is 0 Å². The largest absolute Gasteiger partial charge is 0.339 e. The molecule has 0 atom stereocenters. The van der Waals surface area contributed by atoms with Gasteiger partial charge in [0.25, 0.3) is 0 Å². The van der Waals surface area contributed by atoms with E-state index >= 15 is 0 Å². The molecule has 2 N–H and O–H groups in total. The van der Waals surface area contributed by atoms with Gasteiger partial charge in [0.15, 0.2) is 5.82 Å². The Morgan fingerprint density at radius 2 is 2.08 bits per heavy atom. The molecule has 0 spiro atoms. The number of hydrogen-bond acceptors (Lipinski definition) is 3. The lowest BCUT2D eigenvalue weighted by Gasteiger charge is -1.91.